The molecule has 6 nitrogen and oxygen atoms in total. The monoisotopic (exact) mass is 278 g/mol. The summed E-state index contributed by atoms with van der Waals surface area (Å²) in [6.07, 6.45) is 0.917. The van der Waals surface area contributed by atoms with Crippen molar-refractivity contribution in [1.29, 1.82) is 0 Å². The standard InChI is InChI=1S/C14H19N3O3/c1-10-9-16(3)11(2)8-14(10)15-20-13-6-4-12(5-7-13)17(18)19/h4-7,10-11H,8-9H2,1-3H3/p+1/t10-,11+/m0/s1. The van der Waals surface area contributed by atoms with Gasteiger partial charge in [-0.2, -0.15) is 0 Å². The molecule has 0 saturated carbocycles. The van der Waals surface area contributed by atoms with Gasteiger partial charge in [0.15, 0.2) is 5.75 Å². The molecule has 108 valence electrons. The van der Waals surface area contributed by atoms with Crippen LogP contribution in [0.25, 0.3) is 0 Å². The largest absolute Gasteiger partial charge is 0.357 e. The van der Waals surface area contributed by atoms with Crippen molar-refractivity contribution in [1.82, 2.24) is 0 Å². The van der Waals surface area contributed by atoms with E-state index in [2.05, 4.69) is 26.1 Å². The number of nitrogens with zero attached hydrogens (tertiary/aromatic N) is 2. The van der Waals surface area contributed by atoms with Crippen LogP contribution in [0.3, 0.4) is 0 Å². The first-order valence-corrected chi connectivity index (χ1v) is 6.78. The van der Waals surface area contributed by atoms with Crippen LogP contribution in [0.2, 0.25) is 0 Å². The fraction of sp³-hybridized carbons (Fsp3) is 0.500. The lowest BCUT2D eigenvalue weighted by atomic mass is 9.93. The molecule has 0 bridgehead atoms. The van der Waals surface area contributed by atoms with Gasteiger partial charge in [-0.1, -0.05) is 12.1 Å². The molecule has 20 heavy (non-hydrogen) atoms. The summed E-state index contributed by atoms with van der Waals surface area (Å²) in [4.78, 5) is 17.0. The smallest absolute Gasteiger partial charge is 0.269 e. The second-order valence-corrected chi connectivity index (χ2v) is 5.48. The Balaban J connectivity index is 2.03. The topological polar surface area (TPSA) is 69.2 Å². The third-order valence-corrected chi connectivity index (χ3v) is 3.87. The van der Waals surface area contributed by atoms with Crippen molar-refractivity contribution in [3.05, 3.63) is 34.4 Å². The third kappa shape index (κ3) is 3.33. The van der Waals surface area contributed by atoms with Gasteiger partial charge in [-0.25, -0.2) is 0 Å². The molecule has 0 amide bonds. The molecule has 1 aliphatic rings. The average Bonchev–Trinajstić information content (AvgIpc) is 2.42. The molecule has 1 saturated heterocycles. The molecule has 1 heterocycles. The second kappa shape index (κ2) is 6.00. The minimum Gasteiger partial charge on any atom is -0.357 e. The van der Waals surface area contributed by atoms with Gasteiger partial charge in [0.1, 0.15) is 0 Å². The number of hydrogen-bond donors (Lipinski definition) is 1. The van der Waals surface area contributed by atoms with Crippen molar-refractivity contribution in [2.45, 2.75) is 26.3 Å². The number of hydrogen-bond acceptors (Lipinski definition) is 4. The molecule has 0 aromatic heterocycles. The SMILES string of the molecule is C[C@@H]1CC(=NOc2ccc([N+](=O)[O-])cc2)[C@@H](C)C[NH+]1C. The molecule has 0 radical (unpaired) electrons. The van der Waals surface area contributed by atoms with Gasteiger partial charge in [0, 0.05) is 24.5 Å². The first-order valence-electron chi connectivity index (χ1n) is 6.78. The summed E-state index contributed by atoms with van der Waals surface area (Å²) in [5, 5.41) is 14.8. The average molecular weight is 278 g/mol. The van der Waals surface area contributed by atoms with Crippen LogP contribution in [-0.4, -0.2) is 30.3 Å². The van der Waals surface area contributed by atoms with Crippen LogP contribution in [0.5, 0.6) is 5.75 Å². The minimum absolute atomic E-state index is 0.0508. The molecular weight excluding hydrogens is 258 g/mol. The normalized spacial score (nSPS) is 28.4. The van der Waals surface area contributed by atoms with E-state index in [-0.39, 0.29) is 5.69 Å². The maximum absolute atomic E-state index is 10.6. The number of oxime groups is 1. The number of piperidine rings is 1. The number of nitro groups is 1. The van der Waals surface area contributed by atoms with E-state index in [1.807, 2.05) is 0 Å². The molecule has 1 N–H and O–H groups in total. The fourth-order valence-electron chi connectivity index (χ4n) is 2.36. The van der Waals surface area contributed by atoms with E-state index in [9.17, 15) is 10.1 Å². The molecule has 0 aliphatic carbocycles. The summed E-state index contributed by atoms with van der Waals surface area (Å²) in [6.45, 7) is 5.39. The lowest BCUT2D eigenvalue weighted by Crippen LogP contribution is -3.14. The summed E-state index contributed by atoms with van der Waals surface area (Å²) in [7, 11) is 2.19. The van der Waals surface area contributed by atoms with Gasteiger partial charge in [0.2, 0.25) is 0 Å². The Kier molecular flexibility index (Phi) is 4.34. The van der Waals surface area contributed by atoms with E-state index in [1.165, 1.54) is 17.0 Å². The predicted molar refractivity (Wildman–Crippen MR) is 76.2 cm³/mol. The van der Waals surface area contributed by atoms with Crippen LogP contribution in [0, 0.1) is 16.0 Å². The van der Waals surface area contributed by atoms with Gasteiger partial charge in [0.05, 0.1) is 30.3 Å². The van der Waals surface area contributed by atoms with Crippen molar-refractivity contribution in [3.63, 3.8) is 0 Å². The van der Waals surface area contributed by atoms with Crippen LogP contribution in [0.15, 0.2) is 29.4 Å². The number of benzene rings is 1. The first kappa shape index (κ1) is 14.5. The van der Waals surface area contributed by atoms with Gasteiger partial charge >= 0.3 is 0 Å². The highest BCUT2D eigenvalue weighted by Crippen LogP contribution is 2.18. The highest BCUT2D eigenvalue weighted by atomic mass is 16.6. The minimum atomic E-state index is -0.431. The van der Waals surface area contributed by atoms with Crippen LogP contribution >= 0.6 is 0 Å². The van der Waals surface area contributed by atoms with Crippen LogP contribution in [0.4, 0.5) is 5.69 Å². The Morgan fingerprint density at radius 2 is 2.00 bits per heavy atom. The van der Waals surface area contributed by atoms with Gasteiger partial charge in [-0.15, -0.1) is 0 Å². The molecule has 3 atom stereocenters. The van der Waals surface area contributed by atoms with E-state index in [0.29, 0.717) is 17.7 Å². The van der Waals surface area contributed by atoms with Crippen LogP contribution in [-0.2, 0) is 0 Å². The van der Waals surface area contributed by atoms with Crippen molar-refractivity contribution in [2.24, 2.45) is 11.1 Å². The zero-order chi connectivity index (χ0) is 14.7. The molecule has 1 aromatic rings. The van der Waals surface area contributed by atoms with Gasteiger partial charge in [0.25, 0.3) is 5.69 Å². The molecule has 2 rings (SSSR count). The first-order chi connectivity index (χ1) is 9.47. The van der Waals surface area contributed by atoms with Gasteiger partial charge in [-0.3, -0.25) is 10.1 Å². The summed E-state index contributed by atoms with van der Waals surface area (Å²) in [5.41, 5.74) is 1.11. The van der Waals surface area contributed by atoms with Crippen LogP contribution in [0.1, 0.15) is 20.3 Å². The van der Waals surface area contributed by atoms with Crippen LogP contribution < -0.4 is 9.74 Å². The van der Waals surface area contributed by atoms with Gasteiger partial charge < -0.3 is 9.74 Å². The number of rotatable bonds is 3. The van der Waals surface area contributed by atoms with Crippen molar-refractivity contribution in [2.75, 3.05) is 13.6 Å². The molecule has 1 aromatic carbocycles. The zero-order valence-electron chi connectivity index (χ0n) is 12.0. The predicted octanol–water partition coefficient (Wildman–Crippen LogP) is 1.27. The Morgan fingerprint density at radius 1 is 1.35 bits per heavy atom. The van der Waals surface area contributed by atoms with E-state index in [1.54, 1.807) is 12.1 Å². The molecule has 0 spiro atoms. The highest BCUT2D eigenvalue weighted by molar-refractivity contribution is 5.87. The molecule has 1 unspecified atom stereocenters. The third-order valence-electron chi connectivity index (χ3n) is 3.87. The Morgan fingerprint density at radius 3 is 2.60 bits per heavy atom. The van der Waals surface area contributed by atoms with Gasteiger partial charge in [-0.05, 0) is 19.1 Å². The summed E-state index contributed by atoms with van der Waals surface area (Å²) in [5.74, 6) is 0.915. The molecule has 1 fully saturated rings. The van der Waals surface area contributed by atoms with Crippen molar-refractivity contribution in [3.8, 4) is 5.75 Å². The number of nitro benzene ring substituents is 1. The fourth-order valence-corrected chi connectivity index (χ4v) is 2.36. The quantitative estimate of drug-likeness (QED) is 0.668. The lowest BCUT2D eigenvalue weighted by Gasteiger charge is -2.31. The highest BCUT2D eigenvalue weighted by Gasteiger charge is 2.29. The van der Waals surface area contributed by atoms with E-state index in [4.69, 9.17) is 4.84 Å². The second-order valence-electron chi connectivity index (χ2n) is 5.48. The zero-order valence-corrected chi connectivity index (χ0v) is 12.0. The summed E-state index contributed by atoms with van der Waals surface area (Å²) in [6, 6.07) is 6.50. The number of likely N-dealkylation sites (tertiary alicyclic amines) is 1. The number of quaternary nitrogens is 1. The maximum Gasteiger partial charge on any atom is 0.269 e. The van der Waals surface area contributed by atoms with E-state index in [0.717, 1.165) is 18.7 Å². The van der Waals surface area contributed by atoms with E-state index < -0.39 is 4.92 Å². The molecule has 1 aliphatic heterocycles. The Hall–Kier alpha value is -1.95. The van der Waals surface area contributed by atoms with E-state index >= 15 is 0 Å². The Labute approximate surface area is 118 Å². The lowest BCUT2D eigenvalue weighted by molar-refractivity contribution is -0.908. The molecule has 6 heteroatoms. The summed E-state index contributed by atoms with van der Waals surface area (Å²) < 4.78 is 0. The maximum atomic E-state index is 10.6. The molecular formula is C14H20N3O3+. The number of nitrogens with one attached hydrogen (secondary N) is 1. The number of non-ortho nitro benzene ring substituents is 1. The van der Waals surface area contributed by atoms with Crippen molar-refractivity contribution < 1.29 is 14.7 Å². The summed E-state index contributed by atoms with van der Waals surface area (Å²) >= 11 is 0. The van der Waals surface area contributed by atoms with Crippen molar-refractivity contribution >= 4 is 11.4 Å². The Bertz CT molecular complexity index is 513.